The van der Waals surface area contributed by atoms with Crippen LogP contribution in [-0.2, 0) is 30.5 Å². The molecule has 0 unspecified atom stereocenters. The highest BCUT2D eigenvalue weighted by atomic mass is 16.6. The number of carbonyl (C=O) groups excluding carboxylic acids is 4. The van der Waals surface area contributed by atoms with Crippen molar-refractivity contribution in [3.63, 3.8) is 0 Å². The number of esters is 1. The predicted molar refractivity (Wildman–Crippen MR) is 164 cm³/mol. The van der Waals surface area contributed by atoms with Gasteiger partial charge in [-0.05, 0) is 93.4 Å². The summed E-state index contributed by atoms with van der Waals surface area (Å²) in [6, 6.07) is 6.10. The summed E-state index contributed by atoms with van der Waals surface area (Å²) in [5.41, 5.74) is 6.56. The van der Waals surface area contributed by atoms with Crippen molar-refractivity contribution in [3.05, 3.63) is 35.9 Å². The van der Waals surface area contributed by atoms with Crippen molar-refractivity contribution in [2.45, 2.75) is 109 Å². The summed E-state index contributed by atoms with van der Waals surface area (Å²) in [6.45, 7) is 5.35. The largest absolute Gasteiger partial charge is 0.459 e. The van der Waals surface area contributed by atoms with Crippen LogP contribution in [0.5, 0.6) is 0 Å². The minimum atomic E-state index is -1.20. The van der Waals surface area contributed by atoms with Crippen LogP contribution in [0.4, 0.5) is 4.79 Å². The average molecular weight is 615 g/mol. The number of aliphatic hydroxyl groups excluding tert-OH is 1. The molecule has 6 N–H and O–H groups in total. The standard InChI is InChI=1S/C33H50N4O7/c1-19(2)28(37-30(39)27(34)20(3)38)31(40)36-26(32(41)43-18-21-9-5-4-6-10-21)11-7-8-12-35-33(42)44-29-24-14-22-13-23(16-24)17-25(29)15-22/h4-6,9-10,19-20,22-29,38H,7-8,11-18,34H2,1-3H3,(H,35,42)(H,36,40)(H,37,39)/t20-,22?,23?,24?,25?,26+,27+,28+,29?/m1/s1. The Labute approximate surface area is 260 Å². The molecular formula is C33H50N4O7. The number of benzene rings is 1. The molecule has 4 atom stereocenters. The summed E-state index contributed by atoms with van der Waals surface area (Å²) in [5.74, 6) is 0.478. The molecular weight excluding hydrogens is 564 g/mol. The van der Waals surface area contributed by atoms with E-state index in [0.29, 0.717) is 31.2 Å². The first-order valence-corrected chi connectivity index (χ1v) is 16.2. The lowest BCUT2D eigenvalue weighted by Crippen LogP contribution is -2.58. The van der Waals surface area contributed by atoms with Crippen LogP contribution in [0, 0.1) is 29.6 Å². The van der Waals surface area contributed by atoms with Gasteiger partial charge in [0.1, 0.15) is 30.8 Å². The number of hydrogen-bond donors (Lipinski definition) is 5. The molecule has 11 heteroatoms. The molecule has 0 saturated heterocycles. The van der Waals surface area contributed by atoms with E-state index in [1.54, 1.807) is 13.8 Å². The van der Waals surface area contributed by atoms with Crippen LogP contribution in [0.1, 0.15) is 77.7 Å². The second-order valence-electron chi connectivity index (χ2n) is 13.4. The molecule has 0 heterocycles. The van der Waals surface area contributed by atoms with E-state index >= 15 is 0 Å². The van der Waals surface area contributed by atoms with Crippen LogP contribution in [0.2, 0.25) is 0 Å². The minimum Gasteiger partial charge on any atom is -0.459 e. The van der Waals surface area contributed by atoms with Gasteiger partial charge in [0, 0.05) is 6.54 Å². The van der Waals surface area contributed by atoms with Crippen LogP contribution in [-0.4, -0.2) is 65.9 Å². The van der Waals surface area contributed by atoms with Gasteiger partial charge in [0.25, 0.3) is 0 Å². The van der Waals surface area contributed by atoms with Crippen LogP contribution in [0.3, 0.4) is 0 Å². The van der Waals surface area contributed by atoms with Gasteiger partial charge in [-0.15, -0.1) is 0 Å². The highest BCUT2D eigenvalue weighted by Crippen LogP contribution is 2.54. The number of nitrogens with one attached hydrogen (secondary N) is 3. The van der Waals surface area contributed by atoms with Gasteiger partial charge in [-0.3, -0.25) is 9.59 Å². The van der Waals surface area contributed by atoms with Crippen LogP contribution in [0.15, 0.2) is 30.3 Å². The second-order valence-corrected chi connectivity index (χ2v) is 13.4. The minimum absolute atomic E-state index is 0.0197. The lowest BCUT2D eigenvalue weighted by atomic mass is 9.55. The molecule has 4 aliphatic carbocycles. The van der Waals surface area contributed by atoms with E-state index < -0.39 is 42.0 Å². The molecule has 1 aromatic rings. The first-order chi connectivity index (χ1) is 21.0. The van der Waals surface area contributed by atoms with Gasteiger partial charge in [0.15, 0.2) is 0 Å². The molecule has 0 aromatic heterocycles. The Hall–Kier alpha value is -3.18. The number of alkyl carbamates (subject to hydrolysis) is 1. The van der Waals surface area contributed by atoms with Gasteiger partial charge in [0.05, 0.1) is 6.10 Å². The van der Waals surface area contributed by atoms with Crippen LogP contribution in [0.25, 0.3) is 0 Å². The topological polar surface area (TPSA) is 169 Å². The van der Waals surface area contributed by atoms with Crippen molar-refractivity contribution in [1.82, 2.24) is 16.0 Å². The van der Waals surface area contributed by atoms with Crippen molar-refractivity contribution >= 4 is 23.9 Å². The Bertz CT molecular complexity index is 1100. The zero-order valence-corrected chi connectivity index (χ0v) is 26.2. The summed E-state index contributed by atoms with van der Waals surface area (Å²) in [5, 5.41) is 17.9. The van der Waals surface area contributed by atoms with Gasteiger partial charge in [0.2, 0.25) is 11.8 Å². The van der Waals surface area contributed by atoms with Gasteiger partial charge >= 0.3 is 12.1 Å². The monoisotopic (exact) mass is 614 g/mol. The molecule has 3 amide bonds. The second kappa shape index (κ2) is 15.7. The first kappa shape index (κ1) is 33.7. The molecule has 4 saturated carbocycles. The summed E-state index contributed by atoms with van der Waals surface area (Å²) in [7, 11) is 0. The molecule has 0 radical (unpaired) electrons. The van der Waals surface area contributed by atoms with Gasteiger partial charge in [-0.2, -0.15) is 0 Å². The number of rotatable bonds is 15. The van der Waals surface area contributed by atoms with Crippen molar-refractivity contribution in [3.8, 4) is 0 Å². The maximum atomic E-state index is 13.3. The molecule has 5 rings (SSSR count). The van der Waals surface area contributed by atoms with Crippen molar-refractivity contribution < 1.29 is 33.8 Å². The number of nitrogens with two attached hydrogens (primary N) is 1. The SMILES string of the molecule is CC(C)[C@H](NC(=O)[C@@H](N)[C@@H](C)O)C(=O)N[C@@H](CCCCNC(=O)OC1C2CC3CC(C2)CC1C3)C(=O)OCc1ccccc1. The maximum absolute atomic E-state index is 13.3. The van der Waals surface area contributed by atoms with Crippen molar-refractivity contribution in [1.29, 1.82) is 0 Å². The summed E-state index contributed by atoms with van der Waals surface area (Å²) < 4.78 is 11.4. The zero-order chi connectivity index (χ0) is 31.8. The van der Waals surface area contributed by atoms with E-state index in [9.17, 15) is 24.3 Å². The fraction of sp³-hybridized carbons (Fsp3) is 0.697. The molecule has 11 nitrogen and oxygen atoms in total. The smallest absolute Gasteiger partial charge is 0.407 e. The Morgan fingerprint density at radius 2 is 1.55 bits per heavy atom. The zero-order valence-electron chi connectivity index (χ0n) is 26.2. The molecule has 0 aliphatic heterocycles. The van der Waals surface area contributed by atoms with Crippen molar-refractivity contribution in [2.24, 2.45) is 35.3 Å². The normalized spacial score (nSPS) is 26.3. The Balaban J connectivity index is 1.27. The van der Waals surface area contributed by atoms with Crippen LogP contribution >= 0.6 is 0 Å². The number of hydrogen-bond acceptors (Lipinski definition) is 8. The summed E-state index contributed by atoms with van der Waals surface area (Å²) in [4.78, 5) is 51.4. The molecule has 0 spiro atoms. The summed E-state index contributed by atoms with van der Waals surface area (Å²) in [6.07, 6.45) is 5.95. The van der Waals surface area contributed by atoms with E-state index in [-0.39, 0.29) is 31.1 Å². The Morgan fingerprint density at radius 3 is 2.14 bits per heavy atom. The first-order valence-electron chi connectivity index (χ1n) is 16.2. The molecule has 4 bridgehead atoms. The van der Waals surface area contributed by atoms with Gasteiger partial charge < -0.3 is 36.3 Å². The molecule has 4 aliphatic rings. The maximum Gasteiger partial charge on any atom is 0.407 e. The number of carbonyl (C=O) groups is 4. The third-order valence-electron chi connectivity index (χ3n) is 9.47. The highest BCUT2D eigenvalue weighted by Gasteiger charge is 2.50. The van der Waals surface area contributed by atoms with Crippen molar-refractivity contribution in [2.75, 3.05) is 6.54 Å². The molecule has 244 valence electrons. The quantitative estimate of drug-likeness (QED) is 0.148. The van der Waals surface area contributed by atoms with E-state index in [4.69, 9.17) is 15.2 Å². The van der Waals surface area contributed by atoms with E-state index in [0.717, 1.165) is 17.4 Å². The third kappa shape index (κ3) is 9.17. The fourth-order valence-electron chi connectivity index (χ4n) is 7.24. The number of aliphatic hydroxyl groups is 1. The van der Waals surface area contributed by atoms with E-state index in [1.807, 2.05) is 30.3 Å². The van der Waals surface area contributed by atoms with Crippen LogP contribution < -0.4 is 21.7 Å². The van der Waals surface area contributed by atoms with Gasteiger partial charge in [-0.25, -0.2) is 9.59 Å². The lowest BCUT2D eigenvalue weighted by Gasteiger charge is -2.53. The Morgan fingerprint density at radius 1 is 0.909 bits per heavy atom. The third-order valence-corrected chi connectivity index (χ3v) is 9.47. The van der Waals surface area contributed by atoms with E-state index in [1.165, 1.54) is 39.0 Å². The predicted octanol–water partition coefficient (Wildman–Crippen LogP) is 2.78. The number of unbranched alkanes of at least 4 members (excludes halogenated alkanes) is 1. The highest BCUT2D eigenvalue weighted by molar-refractivity contribution is 5.92. The lowest BCUT2D eigenvalue weighted by molar-refractivity contribution is -0.149. The Kier molecular flexibility index (Phi) is 12.0. The average Bonchev–Trinajstić information content (AvgIpc) is 2.98. The van der Waals surface area contributed by atoms with Gasteiger partial charge in [-0.1, -0.05) is 44.2 Å². The van der Waals surface area contributed by atoms with E-state index in [2.05, 4.69) is 16.0 Å². The molecule has 4 fully saturated rings. The summed E-state index contributed by atoms with van der Waals surface area (Å²) >= 11 is 0. The molecule has 1 aromatic carbocycles. The fourth-order valence-corrected chi connectivity index (χ4v) is 7.24. The number of amides is 3. The molecule has 44 heavy (non-hydrogen) atoms. The number of ether oxygens (including phenoxy) is 2.